The van der Waals surface area contributed by atoms with Crippen molar-refractivity contribution >= 4 is 11.9 Å². The summed E-state index contributed by atoms with van der Waals surface area (Å²) >= 11 is 0. The molecule has 7 heteroatoms. The Morgan fingerprint density at radius 2 is 1.92 bits per heavy atom. The molecule has 0 aromatic heterocycles. The summed E-state index contributed by atoms with van der Waals surface area (Å²) in [7, 11) is 3.19. The lowest BCUT2D eigenvalue weighted by Crippen LogP contribution is -2.48. The summed E-state index contributed by atoms with van der Waals surface area (Å²) < 4.78 is 10.6. The van der Waals surface area contributed by atoms with Crippen LogP contribution in [0.25, 0.3) is 0 Å². The van der Waals surface area contributed by atoms with Gasteiger partial charge in [-0.25, -0.2) is 4.79 Å². The lowest BCUT2D eigenvalue weighted by Gasteiger charge is -2.38. The molecule has 0 unspecified atom stereocenters. The van der Waals surface area contributed by atoms with Crippen molar-refractivity contribution in [1.82, 2.24) is 15.5 Å². The van der Waals surface area contributed by atoms with Crippen molar-refractivity contribution in [2.75, 3.05) is 33.9 Å². The fourth-order valence-corrected chi connectivity index (χ4v) is 3.77. The van der Waals surface area contributed by atoms with Gasteiger partial charge in [0.2, 0.25) is 5.91 Å². The molecular weight excluding hydrogens is 334 g/mol. The van der Waals surface area contributed by atoms with Crippen LogP contribution in [0, 0.1) is 5.41 Å². The zero-order valence-corrected chi connectivity index (χ0v) is 15.6. The molecule has 1 aromatic carbocycles. The van der Waals surface area contributed by atoms with Crippen LogP contribution in [0.4, 0.5) is 4.79 Å². The fraction of sp³-hybridized carbons (Fsp3) is 0.579. The second-order valence-corrected chi connectivity index (χ2v) is 7.23. The maximum absolute atomic E-state index is 12.6. The molecule has 3 amide bonds. The minimum absolute atomic E-state index is 0.0445. The van der Waals surface area contributed by atoms with Gasteiger partial charge < -0.3 is 25.0 Å². The van der Waals surface area contributed by atoms with Crippen molar-refractivity contribution in [1.29, 1.82) is 0 Å². The molecule has 2 aliphatic heterocycles. The number of benzene rings is 1. The van der Waals surface area contributed by atoms with Gasteiger partial charge in [-0.15, -0.1) is 0 Å². The summed E-state index contributed by atoms with van der Waals surface area (Å²) in [5.41, 5.74) is 0.998. The lowest BCUT2D eigenvalue weighted by molar-refractivity contribution is -0.119. The molecule has 7 nitrogen and oxygen atoms in total. The molecular formula is C19H27N3O4. The molecule has 0 saturated carbocycles. The van der Waals surface area contributed by atoms with E-state index in [4.69, 9.17) is 9.47 Å². The minimum Gasteiger partial charge on any atom is -0.493 e. The van der Waals surface area contributed by atoms with Crippen LogP contribution in [0.5, 0.6) is 11.5 Å². The average molecular weight is 361 g/mol. The Morgan fingerprint density at radius 3 is 2.50 bits per heavy atom. The first-order valence-corrected chi connectivity index (χ1v) is 9.00. The summed E-state index contributed by atoms with van der Waals surface area (Å²) in [6.07, 6.45) is 2.32. The number of nitrogens with zero attached hydrogens (tertiary/aromatic N) is 1. The highest BCUT2D eigenvalue weighted by atomic mass is 16.5. The number of carbonyl (C=O) groups excluding carboxylic acids is 2. The van der Waals surface area contributed by atoms with Crippen LogP contribution in [0.15, 0.2) is 18.2 Å². The second kappa shape index (κ2) is 7.43. The molecule has 2 N–H and O–H groups in total. The highest BCUT2D eigenvalue weighted by Gasteiger charge is 2.41. The number of carbonyl (C=O) groups is 2. The van der Waals surface area contributed by atoms with Gasteiger partial charge in [0.05, 0.1) is 20.3 Å². The largest absolute Gasteiger partial charge is 0.493 e. The maximum Gasteiger partial charge on any atom is 0.317 e. The van der Waals surface area contributed by atoms with Crippen molar-refractivity contribution in [3.05, 3.63) is 23.8 Å². The number of hydrogen-bond acceptors (Lipinski definition) is 4. The number of amides is 3. The summed E-state index contributed by atoms with van der Waals surface area (Å²) in [5.74, 6) is 1.44. The zero-order valence-electron chi connectivity index (χ0n) is 15.6. The van der Waals surface area contributed by atoms with E-state index in [0.29, 0.717) is 31.0 Å². The predicted molar refractivity (Wildman–Crippen MR) is 97.4 cm³/mol. The van der Waals surface area contributed by atoms with E-state index in [0.717, 1.165) is 24.9 Å². The van der Waals surface area contributed by atoms with Crippen LogP contribution in [-0.2, 0) is 4.79 Å². The summed E-state index contributed by atoms with van der Waals surface area (Å²) in [6.45, 7) is 4.05. The zero-order chi connectivity index (χ0) is 18.7. The highest BCUT2D eigenvalue weighted by Crippen LogP contribution is 2.37. The van der Waals surface area contributed by atoms with E-state index in [-0.39, 0.29) is 23.4 Å². The average Bonchev–Trinajstić information content (AvgIpc) is 3.01. The molecule has 1 aromatic rings. The molecule has 26 heavy (non-hydrogen) atoms. The molecule has 2 saturated heterocycles. The van der Waals surface area contributed by atoms with Crippen molar-refractivity contribution in [2.45, 2.75) is 32.2 Å². The van der Waals surface area contributed by atoms with Gasteiger partial charge in [0.1, 0.15) is 0 Å². The maximum atomic E-state index is 12.6. The van der Waals surface area contributed by atoms with Crippen LogP contribution in [0.2, 0.25) is 0 Å². The van der Waals surface area contributed by atoms with Gasteiger partial charge in [0.15, 0.2) is 11.5 Å². The lowest BCUT2D eigenvalue weighted by atomic mass is 9.78. The first kappa shape index (κ1) is 18.4. The van der Waals surface area contributed by atoms with Crippen molar-refractivity contribution in [2.24, 2.45) is 5.41 Å². The Bertz CT molecular complexity index is 683. The van der Waals surface area contributed by atoms with E-state index in [2.05, 4.69) is 10.6 Å². The van der Waals surface area contributed by atoms with Crippen molar-refractivity contribution in [3.63, 3.8) is 0 Å². The van der Waals surface area contributed by atoms with E-state index >= 15 is 0 Å². The van der Waals surface area contributed by atoms with E-state index in [1.165, 1.54) is 0 Å². The van der Waals surface area contributed by atoms with Gasteiger partial charge in [-0.05, 0) is 42.9 Å². The smallest absolute Gasteiger partial charge is 0.317 e. The van der Waals surface area contributed by atoms with Crippen LogP contribution in [0.3, 0.4) is 0 Å². The Kier molecular flexibility index (Phi) is 5.25. The standard InChI is InChI=1S/C19H27N3O4/c1-13(14-4-5-15(25-2)16(10-14)26-3)21-18(24)22-8-6-19(7-9-22)11-17(23)20-12-19/h4-5,10,13H,6-9,11-12H2,1-3H3,(H,20,23)(H,21,24)/t13-/m0/s1. The van der Waals surface area contributed by atoms with Crippen molar-refractivity contribution in [3.8, 4) is 11.5 Å². The topological polar surface area (TPSA) is 79.9 Å². The Labute approximate surface area is 154 Å². The van der Waals surface area contributed by atoms with Gasteiger partial charge in [-0.1, -0.05) is 6.07 Å². The van der Waals surface area contributed by atoms with Gasteiger partial charge in [-0.3, -0.25) is 4.79 Å². The molecule has 0 bridgehead atoms. The normalized spacial score (nSPS) is 19.8. The molecule has 1 spiro atoms. The van der Waals surface area contributed by atoms with E-state index in [9.17, 15) is 9.59 Å². The summed E-state index contributed by atoms with van der Waals surface area (Å²) in [5, 5.41) is 5.97. The fourth-order valence-electron chi connectivity index (χ4n) is 3.77. The predicted octanol–water partition coefficient (Wildman–Crippen LogP) is 2.08. The molecule has 0 radical (unpaired) electrons. The number of ether oxygens (including phenoxy) is 2. The van der Waals surface area contributed by atoms with Gasteiger partial charge in [-0.2, -0.15) is 0 Å². The number of hydrogen-bond donors (Lipinski definition) is 2. The third-order valence-corrected chi connectivity index (χ3v) is 5.56. The van der Waals surface area contributed by atoms with Gasteiger partial charge >= 0.3 is 6.03 Å². The molecule has 2 heterocycles. The summed E-state index contributed by atoms with van der Waals surface area (Å²) in [6, 6.07) is 5.43. The van der Waals surface area contributed by atoms with Gasteiger partial charge in [0.25, 0.3) is 0 Å². The first-order chi connectivity index (χ1) is 12.5. The number of likely N-dealkylation sites (tertiary alicyclic amines) is 1. The molecule has 2 aliphatic rings. The third-order valence-electron chi connectivity index (χ3n) is 5.56. The third kappa shape index (κ3) is 3.71. The molecule has 2 fully saturated rings. The number of urea groups is 1. The number of nitrogens with one attached hydrogen (secondary N) is 2. The van der Waals surface area contributed by atoms with Crippen LogP contribution in [-0.4, -0.2) is 50.7 Å². The van der Waals surface area contributed by atoms with E-state index < -0.39 is 0 Å². The number of methoxy groups -OCH3 is 2. The quantitative estimate of drug-likeness (QED) is 0.860. The second-order valence-electron chi connectivity index (χ2n) is 7.23. The Morgan fingerprint density at radius 1 is 1.23 bits per heavy atom. The van der Waals surface area contributed by atoms with Crippen LogP contribution < -0.4 is 20.1 Å². The Hall–Kier alpha value is -2.44. The highest BCUT2D eigenvalue weighted by molar-refractivity contribution is 5.79. The monoisotopic (exact) mass is 361 g/mol. The molecule has 1 atom stereocenters. The summed E-state index contributed by atoms with van der Waals surface area (Å²) in [4.78, 5) is 26.0. The number of rotatable bonds is 4. The van der Waals surface area contributed by atoms with Crippen molar-refractivity contribution < 1.29 is 19.1 Å². The van der Waals surface area contributed by atoms with Gasteiger partial charge in [0, 0.05) is 26.1 Å². The van der Waals surface area contributed by atoms with E-state index in [1.54, 1.807) is 14.2 Å². The first-order valence-electron chi connectivity index (χ1n) is 9.00. The van der Waals surface area contributed by atoms with Crippen LogP contribution in [0.1, 0.15) is 37.8 Å². The Balaban J connectivity index is 1.57. The van der Waals surface area contributed by atoms with E-state index in [1.807, 2.05) is 30.0 Å². The van der Waals surface area contributed by atoms with Crippen LogP contribution >= 0.6 is 0 Å². The molecule has 3 rings (SSSR count). The minimum atomic E-state index is -0.145. The SMILES string of the molecule is COc1ccc([C@H](C)NC(=O)N2CCC3(CC2)CNC(=O)C3)cc1OC. The molecule has 0 aliphatic carbocycles. The molecule has 142 valence electrons. The number of piperidine rings is 1.